The lowest BCUT2D eigenvalue weighted by Crippen LogP contribution is -2.31. The fourth-order valence-electron chi connectivity index (χ4n) is 1.29. The Morgan fingerprint density at radius 2 is 2.40 bits per heavy atom. The van der Waals surface area contributed by atoms with E-state index in [0.29, 0.717) is 17.8 Å². The molecule has 1 aromatic rings. The lowest BCUT2D eigenvalue weighted by Gasteiger charge is -2.17. The van der Waals surface area contributed by atoms with Gasteiger partial charge in [0.2, 0.25) is 0 Å². The molecule has 0 saturated carbocycles. The molecule has 0 saturated heterocycles. The van der Waals surface area contributed by atoms with Crippen LogP contribution >= 0.6 is 0 Å². The lowest BCUT2D eigenvalue weighted by atomic mass is 10.2. The van der Waals surface area contributed by atoms with Crippen molar-refractivity contribution in [3.05, 3.63) is 29.6 Å². The number of hydrogen-bond donors (Lipinski definition) is 0. The third-order valence-electron chi connectivity index (χ3n) is 2.17. The van der Waals surface area contributed by atoms with Crippen LogP contribution < -0.4 is 0 Å². The van der Waals surface area contributed by atoms with Crippen molar-refractivity contribution >= 4 is 5.91 Å². The van der Waals surface area contributed by atoms with E-state index in [1.165, 1.54) is 4.90 Å². The number of nitriles is 1. The van der Waals surface area contributed by atoms with E-state index in [9.17, 15) is 4.79 Å². The minimum Gasteiger partial charge on any atom is -0.326 e. The predicted octanol–water partition coefficient (Wildman–Crippen LogP) is 1.38. The zero-order valence-corrected chi connectivity index (χ0v) is 8.90. The van der Waals surface area contributed by atoms with Crippen molar-refractivity contribution in [1.82, 2.24) is 9.88 Å². The van der Waals surface area contributed by atoms with E-state index < -0.39 is 0 Å². The average Bonchev–Trinajstić information content (AvgIpc) is 2.25. The van der Waals surface area contributed by atoms with Gasteiger partial charge in [0.1, 0.15) is 6.54 Å². The molecule has 15 heavy (non-hydrogen) atoms. The van der Waals surface area contributed by atoms with Crippen LogP contribution in [0.1, 0.15) is 23.0 Å². The summed E-state index contributed by atoms with van der Waals surface area (Å²) < 4.78 is 0. The maximum Gasteiger partial charge on any atom is 0.256 e. The number of aryl methyl sites for hydroxylation is 1. The van der Waals surface area contributed by atoms with Crippen LogP contribution in [0.25, 0.3) is 0 Å². The highest BCUT2D eigenvalue weighted by Gasteiger charge is 2.15. The van der Waals surface area contributed by atoms with Crippen molar-refractivity contribution < 1.29 is 4.79 Å². The van der Waals surface area contributed by atoms with Gasteiger partial charge in [-0.25, -0.2) is 0 Å². The first-order valence-corrected chi connectivity index (χ1v) is 4.78. The molecule has 4 heteroatoms. The number of carbonyl (C=O) groups is 1. The molecule has 1 aromatic heterocycles. The monoisotopic (exact) mass is 203 g/mol. The van der Waals surface area contributed by atoms with E-state index in [2.05, 4.69) is 4.98 Å². The van der Waals surface area contributed by atoms with Crippen molar-refractivity contribution in [2.45, 2.75) is 13.8 Å². The normalized spacial score (nSPS) is 9.40. The second kappa shape index (κ2) is 5.11. The van der Waals surface area contributed by atoms with Gasteiger partial charge in [-0.2, -0.15) is 5.26 Å². The second-order valence-electron chi connectivity index (χ2n) is 3.11. The Bertz CT molecular complexity index is 395. The van der Waals surface area contributed by atoms with E-state index in [1.807, 2.05) is 13.0 Å². The summed E-state index contributed by atoms with van der Waals surface area (Å²) in [6.45, 7) is 4.28. The number of hydrogen-bond acceptors (Lipinski definition) is 3. The second-order valence-corrected chi connectivity index (χ2v) is 3.11. The minimum atomic E-state index is -0.135. The van der Waals surface area contributed by atoms with Gasteiger partial charge in [-0.15, -0.1) is 0 Å². The molecule has 0 atom stereocenters. The molecule has 0 N–H and O–H groups in total. The molecule has 0 aliphatic carbocycles. The van der Waals surface area contributed by atoms with Crippen LogP contribution in [0.15, 0.2) is 18.3 Å². The zero-order valence-electron chi connectivity index (χ0n) is 8.90. The Balaban J connectivity index is 2.94. The highest BCUT2D eigenvalue weighted by Crippen LogP contribution is 2.07. The average molecular weight is 203 g/mol. The van der Waals surface area contributed by atoms with Crippen molar-refractivity contribution in [3.8, 4) is 6.07 Å². The van der Waals surface area contributed by atoms with Gasteiger partial charge in [0.05, 0.1) is 11.6 Å². The number of aromatic nitrogens is 1. The Morgan fingerprint density at radius 3 is 2.93 bits per heavy atom. The largest absolute Gasteiger partial charge is 0.326 e. The minimum absolute atomic E-state index is 0.115. The molecule has 0 unspecified atom stereocenters. The predicted molar refractivity (Wildman–Crippen MR) is 56.2 cm³/mol. The molecule has 0 aliphatic rings. The fourth-order valence-corrected chi connectivity index (χ4v) is 1.29. The first kappa shape index (κ1) is 11.2. The van der Waals surface area contributed by atoms with Crippen molar-refractivity contribution in [3.63, 3.8) is 0 Å². The summed E-state index contributed by atoms with van der Waals surface area (Å²) in [5, 5.41) is 8.57. The highest BCUT2D eigenvalue weighted by molar-refractivity contribution is 5.95. The van der Waals surface area contributed by atoms with Crippen LogP contribution in [0.4, 0.5) is 0 Å². The van der Waals surface area contributed by atoms with Gasteiger partial charge < -0.3 is 4.90 Å². The van der Waals surface area contributed by atoms with E-state index >= 15 is 0 Å². The van der Waals surface area contributed by atoms with Crippen LogP contribution in [0.3, 0.4) is 0 Å². The number of nitrogens with zero attached hydrogens (tertiary/aromatic N) is 3. The Labute approximate surface area is 89.2 Å². The van der Waals surface area contributed by atoms with Gasteiger partial charge >= 0.3 is 0 Å². The third kappa shape index (κ3) is 2.53. The molecule has 4 nitrogen and oxygen atoms in total. The molecule has 0 bridgehead atoms. The quantitative estimate of drug-likeness (QED) is 0.697. The lowest BCUT2D eigenvalue weighted by molar-refractivity contribution is 0.0783. The molecule has 1 amide bonds. The smallest absolute Gasteiger partial charge is 0.256 e. The summed E-state index contributed by atoms with van der Waals surface area (Å²) in [7, 11) is 0. The summed E-state index contributed by atoms with van der Waals surface area (Å²) in [6.07, 6.45) is 1.65. The van der Waals surface area contributed by atoms with Gasteiger partial charge in [-0.1, -0.05) is 0 Å². The molecule has 78 valence electrons. The van der Waals surface area contributed by atoms with Crippen molar-refractivity contribution in [1.29, 1.82) is 5.26 Å². The topological polar surface area (TPSA) is 57.0 Å². The van der Waals surface area contributed by atoms with Crippen LogP contribution in [0.5, 0.6) is 0 Å². The van der Waals surface area contributed by atoms with Crippen LogP contribution in [-0.4, -0.2) is 28.9 Å². The van der Waals surface area contributed by atoms with Gasteiger partial charge in [-0.3, -0.25) is 9.78 Å². The SMILES string of the molecule is CCN(CC#N)C(=O)c1cccnc1C. The van der Waals surface area contributed by atoms with Gasteiger partial charge in [0.15, 0.2) is 0 Å². The van der Waals surface area contributed by atoms with Gasteiger partial charge in [0, 0.05) is 18.4 Å². The van der Waals surface area contributed by atoms with Crippen molar-refractivity contribution in [2.75, 3.05) is 13.1 Å². The van der Waals surface area contributed by atoms with Crippen LogP contribution in [0.2, 0.25) is 0 Å². The van der Waals surface area contributed by atoms with Gasteiger partial charge in [0.25, 0.3) is 5.91 Å². The first-order valence-electron chi connectivity index (χ1n) is 4.78. The summed E-state index contributed by atoms with van der Waals surface area (Å²) in [5.41, 5.74) is 1.26. The Hall–Kier alpha value is -1.89. The Kier molecular flexibility index (Phi) is 3.81. The van der Waals surface area contributed by atoms with Gasteiger partial charge in [-0.05, 0) is 26.0 Å². The summed E-state index contributed by atoms with van der Waals surface area (Å²) >= 11 is 0. The first-order chi connectivity index (χ1) is 7.20. The molecular weight excluding hydrogens is 190 g/mol. The van der Waals surface area contributed by atoms with E-state index in [0.717, 1.165) is 0 Å². The fraction of sp³-hybridized carbons (Fsp3) is 0.364. The number of carbonyl (C=O) groups excluding carboxylic acids is 1. The molecule has 0 fully saturated rings. The molecule has 0 radical (unpaired) electrons. The summed E-state index contributed by atoms with van der Waals surface area (Å²) in [5.74, 6) is -0.135. The maximum absolute atomic E-state index is 11.9. The maximum atomic E-state index is 11.9. The van der Waals surface area contributed by atoms with Crippen LogP contribution in [0, 0.1) is 18.3 Å². The number of rotatable bonds is 3. The molecular formula is C11H13N3O. The van der Waals surface area contributed by atoms with E-state index in [1.54, 1.807) is 25.3 Å². The van der Waals surface area contributed by atoms with E-state index in [4.69, 9.17) is 5.26 Å². The molecule has 0 aromatic carbocycles. The number of amides is 1. The molecule has 0 aliphatic heterocycles. The standard InChI is InChI=1S/C11H13N3O/c1-3-14(8-6-12)11(15)10-5-4-7-13-9(10)2/h4-5,7H,3,8H2,1-2H3. The molecule has 1 rings (SSSR count). The third-order valence-corrected chi connectivity index (χ3v) is 2.17. The zero-order chi connectivity index (χ0) is 11.3. The van der Waals surface area contributed by atoms with E-state index in [-0.39, 0.29) is 12.5 Å². The van der Waals surface area contributed by atoms with Crippen molar-refractivity contribution in [2.24, 2.45) is 0 Å². The molecule has 1 heterocycles. The molecule has 0 spiro atoms. The summed E-state index contributed by atoms with van der Waals surface area (Å²) in [4.78, 5) is 17.5. The Morgan fingerprint density at radius 1 is 1.67 bits per heavy atom. The highest BCUT2D eigenvalue weighted by atomic mass is 16.2. The number of pyridine rings is 1. The van der Waals surface area contributed by atoms with Crippen LogP contribution in [-0.2, 0) is 0 Å². The summed E-state index contributed by atoms with van der Waals surface area (Å²) in [6, 6.07) is 5.42.